The molecule has 2 atom stereocenters. The maximum absolute atomic E-state index is 13.0. The van der Waals surface area contributed by atoms with Crippen LogP contribution in [0.1, 0.15) is 37.7 Å². The van der Waals surface area contributed by atoms with Crippen molar-refractivity contribution in [2.24, 2.45) is 5.92 Å². The fourth-order valence-electron chi connectivity index (χ4n) is 3.16. The Kier molecular flexibility index (Phi) is 5.82. The zero-order valence-electron chi connectivity index (χ0n) is 11.8. The summed E-state index contributed by atoms with van der Waals surface area (Å²) >= 11 is 6.02. The first kappa shape index (κ1) is 15.7. The molecule has 112 valence electrons. The Balaban J connectivity index is 2.02. The Hall–Kier alpha value is -0.640. The maximum Gasteiger partial charge on any atom is 0.124 e. The molecule has 1 N–H and O–H groups in total. The molecule has 2 rings (SSSR count). The lowest BCUT2D eigenvalue weighted by atomic mass is 9.82. The van der Waals surface area contributed by atoms with E-state index in [2.05, 4.69) is 0 Å². The molecule has 1 aliphatic carbocycles. The van der Waals surface area contributed by atoms with Gasteiger partial charge < -0.3 is 9.84 Å². The van der Waals surface area contributed by atoms with Crippen molar-refractivity contribution in [2.75, 3.05) is 7.11 Å². The third-order valence-electron chi connectivity index (χ3n) is 4.21. The van der Waals surface area contributed by atoms with E-state index in [1.165, 1.54) is 31.4 Å². The lowest BCUT2D eigenvalue weighted by Crippen LogP contribution is -2.37. The monoisotopic (exact) mass is 300 g/mol. The predicted molar refractivity (Wildman–Crippen MR) is 78.5 cm³/mol. The molecule has 0 aliphatic heterocycles. The molecule has 0 radical (unpaired) electrons. The summed E-state index contributed by atoms with van der Waals surface area (Å²) in [6.07, 6.45) is 5.51. The van der Waals surface area contributed by atoms with Gasteiger partial charge in [-0.3, -0.25) is 0 Å². The molecule has 2 nitrogen and oxygen atoms in total. The van der Waals surface area contributed by atoms with Crippen LogP contribution in [0.2, 0.25) is 5.02 Å². The number of benzene rings is 1. The molecule has 1 aromatic carbocycles. The van der Waals surface area contributed by atoms with E-state index in [0.29, 0.717) is 17.4 Å². The number of aliphatic hydroxyl groups is 1. The van der Waals surface area contributed by atoms with E-state index in [1.54, 1.807) is 13.2 Å². The maximum atomic E-state index is 13.0. The molecule has 1 aromatic rings. The third kappa shape index (κ3) is 3.94. The van der Waals surface area contributed by atoms with Gasteiger partial charge in [-0.15, -0.1) is 0 Å². The zero-order valence-corrected chi connectivity index (χ0v) is 12.6. The van der Waals surface area contributed by atoms with Gasteiger partial charge in [0, 0.05) is 18.6 Å². The molecule has 0 saturated heterocycles. The van der Waals surface area contributed by atoms with Gasteiger partial charge >= 0.3 is 0 Å². The zero-order chi connectivity index (χ0) is 14.5. The van der Waals surface area contributed by atoms with Crippen molar-refractivity contribution in [3.05, 3.63) is 34.6 Å². The van der Waals surface area contributed by atoms with E-state index in [1.807, 2.05) is 0 Å². The fraction of sp³-hybridized carbons (Fsp3) is 0.625. The van der Waals surface area contributed by atoms with E-state index in [4.69, 9.17) is 16.3 Å². The first-order chi connectivity index (χ1) is 9.61. The van der Waals surface area contributed by atoms with E-state index >= 15 is 0 Å². The number of hydrogen-bond acceptors (Lipinski definition) is 2. The van der Waals surface area contributed by atoms with Gasteiger partial charge in [0.2, 0.25) is 0 Å². The summed E-state index contributed by atoms with van der Waals surface area (Å²) in [7, 11) is 1.65. The summed E-state index contributed by atoms with van der Waals surface area (Å²) in [5, 5.41) is 10.8. The summed E-state index contributed by atoms with van der Waals surface area (Å²) in [5.41, 5.74) is 0.762. The number of hydrogen-bond donors (Lipinski definition) is 1. The van der Waals surface area contributed by atoms with Crippen LogP contribution in [0.5, 0.6) is 0 Å². The summed E-state index contributed by atoms with van der Waals surface area (Å²) < 4.78 is 18.5. The molecule has 0 heterocycles. The van der Waals surface area contributed by atoms with Gasteiger partial charge in [-0.1, -0.05) is 36.9 Å². The Morgan fingerprint density at radius 2 is 2.05 bits per heavy atom. The summed E-state index contributed by atoms with van der Waals surface area (Å²) in [6, 6.07) is 4.29. The van der Waals surface area contributed by atoms with Crippen molar-refractivity contribution in [3.63, 3.8) is 0 Å². The Morgan fingerprint density at radius 3 is 2.65 bits per heavy atom. The quantitative estimate of drug-likeness (QED) is 0.891. The minimum Gasteiger partial charge on any atom is -0.390 e. The highest BCUT2D eigenvalue weighted by atomic mass is 35.5. The molecule has 1 saturated carbocycles. The first-order valence-corrected chi connectivity index (χ1v) is 7.64. The van der Waals surface area contributed by atoms with Crippen molar-refractivity contribution >= 4 is 11.6 Å². The molecule has 0 amide bonds. The van der Waals surface area contributed by atoms with Crippen LogP contribution in [-0.4, -0.2) is 24.4 Å². The topological polar surface area (TPSA) is 29.5 Å². The summed E-state index contributed by atoms with van der Waals surface area (Å²) in [6.45, 7) is 0. The van der Waals surface area contributed by atoms with Crippen LogP contribution in [-0.2, 0) is 11.2 Å². The standard InChI is InChI=1S/C16H22ClFO2/c1-20-16(11-5-3-2-4-6-11)15(19)9-12-7-8-13(18)10-14(12)17/h7-8,10-11,15-16,19H,2-6,9H2,1H3. The van der Waals surface area contributed by atoms with Gasteiger partial charge in [0.05, 0.1) is 12.2 Å². The van der Waals surface area contributed by atoms with E-state index in [9.17, 15) is 9.50 Å². The van der Waals surface area contributed by atoms with Gasteiger partial charge in [-0.25, -0.2) is 4.39 Å². The van der Waals surface area contributed by atoms with Gasteiger partial charge in [-0.05, 0) is 36.5 Å². The van der Waals surface area contributed by atoms with Crippen LogP contribution in [0.4, 0.5) is 4.39 Å². The number of aliphatic hydroxyl groups excluding tert-OH is 1. The highest BCUT2D eigenvalue weighted by Crippen LogP contribution is 2.30. The molecule has 0 bridgehead atoms. The van der Waals surface area contributed by atoms with E-state index in [0.717, 1.165) is 18.4 Å². The molecular formula is C16H22ClFO2. The lowest BCUT2D eigenvalue weighted by molar-refractivity contribution is -0.0535. The highest BCUT2D eigenvalue weighted by molar-refractivity contribution is 6.31. The third-order valence-corrected chi connectivity index (χ3v) is 4.56. The van der Waals surface area contributed by atoms with Crippen molar-refractivity contribution in [1.29, 1.82) is 0 Å². The van der Waals surface area contributed by atoms with Crippen molar-refractivity contribution in [1.82, 2.24) is 0 Å². The minimum atomic E-state index is -0.605. The van der Waals surface area contributed by atoms with Crippen LogP contribution >= 0.6 is 11.6 Å². The predicted octanol–water partition coefficient (Wildman–Crippen LogP) is 3.98. The van der Waals surface area contributed by atoms with Crippen LogP contribution in [0.3, 0.4) is 0 Å². The van der Waals surface area contributed by atoms with Crippen LogP contribution in [0.15, 0.2) is 18.2 Å². The van der Waals surface area contributed by atoms with Gasteiger partial charge in [-0.2, -0.15) is 0 Å². The largest absolute Gasteiger partial charge is 0.390 e. The number of ether oxygens (including phenoxy) is 1. The van der Waals surface area contributed by atoms with Crippen molar-refractivity contribution < 1.29 is 14.2 Å². The molecule has 0 aromatic heterocycles. The average Bonchev–Trinajstić information content (AvgIpc) is 2.44. The molecule has 0 spiro atoms. The highest BCUT2D eigenvalue weighted by Gasteiger charge is 2.29. The molecule has 1 fully saturated rings. The second-order valence-electron chi connectivity index (χ2n) is 5.61. The fourth-order valence-corrected chi connectivity index (χ4v) is 3.40. The Morgan fingerprint density at radius 1 is 1.35 bits per heavy atom. The van der Waals surface area contributed by atoms with Crippen LogP contribution in [0.25, 0.3) is 0 Å². The van der Waals surface area contributed by atoms with Gasteiger partial charge in [0.15, 0.2) is 0 Å². The normalized spacial score (nSPS) is 19.8. The van der Waals surface area contributed by atoms with Gasteiger partial charge in [0.1, 0.15) is 5.82 Å². The van der Waals surface area contributed by atoms with Crippen LogP contribution in [0, 0.1) is 11.7 Å². The molecule has 1 aliphatic rings. The molecule has 4 heteroatoms. The van der Waals surface area contributed by atoms with Crippen LogP contribution < -0.4 is 0 Å². The van der Waals surface area contributed by atoms with E-state index < -0.39 is 6.10 Å². The molecular weight excluding hydrogens is 279 g/mol. The van der Waals surface area contributed by atoms with E-state index in [-0.39, 0.29) is 11.9 Å². The number of halogens is 2. The number of rotatable bonds is 5. The smallest absolute Gasteiger partial charge is 0.124 e. The lowest BCUT2D eigenvalue weighted by Gasteiger charge is -2.32. The minimum absolute atomic E-state index is 0.170. The summed E-state index contributed by atoms with van der Waals surface area (Å²) in [5.74, 6) is 0.0479. The average molecular weight is 301 g/mol. The Labute approximate surface area is 124 Å². The van der Waals surface area contributed by atoms with Crippen molar-refractivity contribution in [3.8, 4) is 0 Å². The SMILES string of the molecule is COC(C(O)Cc1ccc(F)cc1Cl)C1CCCCC1. The van der Waals surface area contributed by atoms with Gasteiger partial charge in [0.25, 0.3) is 0 Å². The second kappa shape index (κ2) is 7.39. The molecule has 20 heavy (non-hydrogen) atoms. The first-order valence-electron chi connectivity index (χ1n) is 7.26. The Bertz CT molecular complexity index is 432. The number of methoxy groups -OCH3 is 1. The van der Waals surface area contributed by atoms with Crippen molar-refractivity contribution in [2.45, 2.75) is 50.7 Å². The second-order valence-corrected chi connectivity index (χ2v) is 6.01. The summed E-state index contributed by atoms with van der Waals surface area (Å²) in [4.78, 5) is 0. The molecule has 2 unspecified atom stereocenters.